The van der Waals surface area contributed by atoms with Gasteiger partial charge in [-0.05, 0) is 46.5 Å². The quantitative estimate of drug-likeness (QED) is 0.640. The second kappa shape index (κ2) is 6.97. The minimum Gasteiger partial charge on any atom is -0.370 e. The van der Waals surface area contributed by atoms with Crippen molar-refractivity contribution in [1.29, 1.82) is 0 Å². The van der Waals surface area contributed by atoms with Crippen molar-refractivity contribution in [1.82, 2.24) is 4.98 Å². The van der Waals surface area contributed by atoms with Crippen molar-refractivity contribution in [2.45, 2.75) is 33.1 Å². The van der Waals surface area contributed by atoms with Crippen LogP contribution in [0.5, 0.6) is 0 Å². The fourth-order valence-electron chi connectivity index (χ4n) is 2.12. The highest BCUT2D eigenvalue weighted by Gasteiger charge is 2.13. The van der Waals surface area contributed by atoms with E-state index in [1.165, 1.54) is 5.56 Å². The lowest BCUT2D eigenvalue weighted by Crippen LogP contribution is -2.06. The minimum atomic E-state index is 0.499. The molecule has 1 heterocycles. The van der Waals surface area contributed by atoms with E-state index in [9.17, 15) is 0 Å². The first kappa shape index (κ1) is 15.9. The Morgan fingerprint density at radius 2 is 1.90 bits per heavy atom. The maximum absolute atomic E-state index is 6.31. The van der Waals surface area contributed by atoms with Crippen LogP contribution in [0.15, 0.2) is 16.6 Å². The van der Waals surface area contributed by atoms with E-state index < -0.39 is 0 Å². The lowest BCUT2D eigenvalue weighted by Gasteiger charge is -2.13. The normalized spacial score (nSPS) is 11.1. The highest BCUT2D eigenvalue weighted by atomic mass is 79.9. The molecule has 0 aliphatic carbocycles. The summed E-state index contributed by atoms with van der Waals surface area (Å²) in [6.45, 7) is 5.20. The number of nitrogens with zero attached hydrogens (tertiary/aromatic N) is 1. The molecule has 0 spiro atoms. The van der Waals surface area contributed by atoms with Crippen molar-refractivity contribution in [3.63, 3.8) is 0 Å². The number of aryl methyl sites for hydroxylation is 1. The van der Waals surface area contributed by atoms with Crippen LogP contribution in [0.1, 0.15) is 32.3 Å². The van der Waals surface area contributed by atoms with E-state index in [0.717, 1.165) is 47.0 Å². The minimum absolute atomic E-state index is 0.499. The Bertz CT molecular complexity index is 629. The molecule has 0 saturated heterocycles. The third-order valence-electron chi connectivity index (χ3n) is 3.09. The number of fused-ring (bicyclic) bond motifs is 1. The van der Waals surface area contributed by atoms with Gasteiger partial charge in [0.25, 0.3) is 0 Å². The fraction of sp³-hybridized carbons (Fsp3) is 0.400. The van der Waals surface area contributed by atoms with Crippen LogP contribution < -0.4 is 5.32 Å². The van der Waals surface area contributed by atoms with Crippen molar-refractivity contribution in [3.05, 3.63) is 32.2 Å². The van der Waals surface area contributed by atoms with Crippen LogP contribution >= 0.6 is 39.1 Å². The van der Waals surface area contributed by atoms with Crippen LogP contribution in [-0.2, 0) is 6.42 Å². The lowest BCUT2D eigenvalue weighted by atomic mass is 10.1. The maximum atomic E-state index is 6.31. The van der Waals surface area contributed by atoms with E-state index in [4.69, 9.17) is 23.2 Å². The molecule has 0 aliphatic rings. The molecule has 1 aromatic carbocycles. The van der Waals surface area contributed by atoms with E-state index in [-0.39, 0.29) is 0 Å². The Kier molecular flexibility index (Phi) is 5.53. The standard InChI is InChI=1S/C15H17BrCl2N2/c1-3-5-9-7-10-8-11(16)12(17)13(18)14(10)20-15(9)19-6-4-2/h7-8H,3-6H2,1-2H3,(H,19,20). The van der Waals surface area contributed by atoms with Gasteiger partial charge in [-0.15, -0.1) is 0 Å². The largest absolute Gasteiger partial charge is 0.370 e. The SMILES string of the molecule is CCCNc1nc2c(Cl)c(Cl)c(Br)cc2cc1CCC. The zero-order chi connectivity index (χ0) is 14.7. The zero-order valence-electron chi connectivity index (χ0n) is 11.6. The number of nitrogens with one attached hydrogen (secondary N) is 1. The number of halogens is 3. The molecule has 108 valence electrons. The van der Waals surface area contributed by atoms with Crippen molar-refractivity contribution in [2.24, 2.45) is 0 Å². The molecular formula is C15H17BrCl2N2. The van der Waals surface area contributed by atoms with Gasteiger partial charge in [0.05, 0.1) is 15.6 Å². The second-order valence-electron chi connectivity index (χ2n) is 4.73. The Morgan fingerprint density at radius 1 is 1.15 bits per heavy atom. The Hall–Kier alpha value is -0.510. The van der Waals surface area contributed by atoms with Crippen LogP contribution in [0, 0.1) is 0 Å². The molecule has 1 aromatic heterocycles. The molecule has 0 radical (unpaired) electrons. The van der Waals surface area contributed by atoms with Gasteiger partial charge in [0.1, 0.15) is 5.82 Å². The summed E-state index contributed by atoms with van der Waals surface area (Å²) in [6, 6.07) is 4.12. The fourth-order valence-corrected chi connectivity index (χ4v) is 3.08. The third kappa shape index (κ3) is 3.21. The van der Waals surface area contributed by atoms with Crippen LogP contribution in [0.4, 0.5) is 5.82 Å². The number of aromatic nitrogens is 1. The first-order chi connectivity index (χ1) is 9.58. The van der Waals surface area contributed by atoms with Gasteiger partial charge in [-0.1, -0.05) is 43.5 Å². The summed E-state index contributed by atoms with van der Waals surface area (Å²) < 4.78 is 0.801. The molecule has 2 nitrogen and oxygen atoms in total. The van der Waals surface area contributed by atoms with Crippen LogP contribution in [0.2, 0.25) is 10.0 Å². The van der Waals surface area contributed by atoms with Crippen LogP contribution in [-0.4, -0.2) is 11.5 Å². The number of benzene rings is 1. The third-order valence-corrected chi connectivity index (χ3v) is 4.80. The number of hydrogen-bond acceptors (Lipinski definition) is 2. The molecule has 0 aliphatic heterocycles. The molecule has 0 atom stereocenters. The Labute approximate surface area is 138 Å². The second-order valence-corrected chi connectivity index (χ2v) is 6.34. The molecule has 0 unspecified atom stereocenters. The molecule has 0 fully saturated rings. The summed E-state index contributed by atoms with van der Waals surface area (Å²) >= 11 is 15.9. The summed E-state index contributed by atoms with van der Waals surface area (Å²) in [5.41, 5.74) is 1.97. The van der Waals surface area contributed by atoms with E-state index in [1.807, 2.05) is 6.07 Å². The van der Waals surface area contributed by atoms with Crippen molar-refractivity contribution in [3.8, 4) is 0 Å². The van der Waals surface area contributed by atoms with Gasteiger partial charge in [-0.25, -0.2) is 4.98 Å². The summed E-state index contributed by atoms with van der Waals surface area (Å²) in [4.78, 5) is 4.68. The highest BCUT2D eigenvalue weighted by Crippen LogP contribution is 2.37. The van der Waals surface area contributed by atoms with Gasteiger partial charge in [0.2, 0.25) is 0 Å². The van der Waals surface area contributed by atoms with Gasteiger partial charge in [0.15, 0.2) is 0 Å². The number of pyridine rings is 1. The van der Waals surface area contributed by atoms with Crippen molar-refractivity contribution < 1.29 is 0 Å². The summed E-state index contributed by atoms with van der Waals surface area (Å²) in [7, 11) is 0. The Balaban J connectivity index is 2.61. The number of anilines is 1. The van der Waals surface area contributed by atoms with Crippen molar-refractivity contribution >= 4 is 55.9 Å². The van der Waals surface area contributed by atoms with E-state index >= 15 is 0 Å². The van der Waals surface area contributed by atoms with Crippen LogP contribution in [0.3, 0.4) is 0 Å². The molecule has 2 rings (SSSR count). The number of rotatable bonds is 5. The van der Waals surface area contributed by atoms with E-state index in [0.29, 0.717) is 10.0 Å². The average molecular weight is 376 g/mol. The first-order valence-corrected chi connectivity index (χ1v) is 8.34. The summed E-state index contributed by atoms with van der Waals surface area (Å²) in [5, 5.41) is 5.40. The molecular weight excluding hydrogens is 359 g/mol. The zero-order valence-corrected chi connectivity index (χ0v) is 14.7. The van der Waals surface area contributed by atoms with Crippen LogP contribution in [0.25, 0.3) is 10.9 Å². The highest BCUT2D eigenvalue weighted by molar-refractivity contribution is 9.10. The maximum Gasteiger partial charge on any atom is 0.129 e. The molecule has 1 N–H and O–H groups in total. The molecule has 0 amide bonds. The molecule has 0 saturated carbocycles. The molecule has 20 heavy (non-hydrogen) atoms. The van der Waals surface area contributed by atoms with E-state index in [2.05, 4.69) is 46.1 Å². The van der Waals surface area contributed by atoms with Gasteiger partial charge < -0.3 is 5.32 Å². The van der Waals surface area contributed by atoms with Gasteiger partial charge in [-0.3, -0.25) is 0 Å². The monoisotopic (exact) mass is 374 g/mol. The summed E-state index contributed by atoms with van der Waals surface area (Å²) in [6.07, 6.45) is 3.13. The molecule has 2 aromatic rings. The predicted molar refractivity (Wildman–Crippen MR) is 92.2 cm³/mol. The topological polar surface area (TPSA) is 24.9 Å². The lowest BCUT2D eigenvalue weighted by molar-refractivity contribution is 0.906. The predicted octanol–water partition coefficient (Wildman–Crippen LogP) is 6.08. The average Bonchev–Trinajstić information content (AvgIpc) is 2.43. The van der Waals surface area contributed by atoms with E-state index in [1.54, 1.807) is 0 Å². The smallest absolute Gasteiger partial charge is 0.129 e. The van der Waals surface area contributed by atoms with Gasteiger partial charge >= 0.3 is 0 Å². The molecule has 0 bridgehead atoms. The molecule has 5 heteroatoms. The Morgan fingerprint density at radius 3 is 2.55 bits per heavy atom. The number of hydrogen-bond donors (Lipinski definition) is 1. The summed E-state index contributed by atoms with van der Waals surface area (Å²) in [5.74, 6) is 0.918. The van der Waals surface area contributed by atoms with Crippen molar-refractivity contribution in [2.75, 3.05) is 11.9 Å². The van der Waals surface area contributed by atoms with Gasteiger partial charge in [-0.2, -0.15) is 0 Å². The first-order valence-electron chi connectivity index (χ1n) is 6.79. The van der Waals surface area contributed by atoms with Gasteiger partial charge in [0, 0.05) is 16.4 Å².